The van der Waals surface area contributed by atoms with Crippen LogP contribution in [-0.4, -0.2) is 9.97 Å². The first-order valence-electron chi connectivity index (χ1n) is 14.7. The fourth-order valence-electron chi connectivity index (χ4n) is 6.20. The molecule has 9 aromatic rings. The highest BCUT2D eigenvalue weighted by atomic mass is 16.3. The molecule has 3 heterocycles. The van der Waals surface area contributed by atoms with Crippen molar-refractivity contribution in [2.75, 3.05) is 0 Å². The second-order valence-corrected chi connectivity index (χ2v) is 11.0. The molecule has 0 aliphatic heterocycles. The number of para-hydroxylation sites is 3. The predicted molar refractivity (Wildman–Crippen MR) is 178 cm³/mol. The standard InChI is InChI=1S/C40H24N2O2/c1-3-11-25(12-4-1)34-24-35(42-40(41-34)26-13-5-2-6-14-26)33-19-10-18-32-31-17-9-16-28(38(31)44-39(32)33)27-21-22-30-29-15-7-8-20-36(29)43-37(30)23-27/h1-24H. The van der Waals surface area contributed by atoms with E-state index < -0.39 is 0 Å². The highest BCUT2D eigenvalue weighted by molar-refractivity contribution is 6.13. The van der Waals surface area contributed by atoms with Gasteiger partial charge in [0.2, 0.25) is 0 Å². The van der Waals surface area contributed by atoms with Crippen molar-refractivity contribution in [1.29, 1.82) is 0 Å². The molecule has 0 fully saturated rings. The van der Waals surface area contributed by atoms with Gasteiger partial charge in [-0.1, -0.05) is 115 Å². The Kier molecular flexibility index (Phi) is 5.47. The number of benzene rings is 6. The SMILES string of the molecule is c1ccc(-c2cc(-c3cccc4c3oc3c(-c5ccc6c(c5)oc5ccccc56)cccc34)nc(-c3ccccc3)n2)cc1. The van der Waals surface area contributed by atoms with E-state index >= 15 is 0 Å². The molecule has 0 saturated heterocycles. The molecule has 0 aliphatic carbocycles. The zero-order chi connectivity index (χ0) is 29.0. The van der Waals surface area contributed by atoms with Gasteiger partial charge in [-0.2, -0.15) is 0 Å². The van der Waals surface area contributed by atoms with Crippen molar-refractivity contribution >= 4 is 43.9 Å². The van der Waals surface area contributed by atoms with Crippen molar-refractivity contribution in [2.24, 2.45) is 0 Å². The third-order valence-electron chi connectivity index (χ3n) is 8.32. The topological polar surface area (TPSA) is 52.1 Å². The Morgan fingerprint density at radius 3 is 1.77 bits per heavy atom. The van der Waals surface area contributed by atoms with Crippen LogP contribution in [0.1, 0.15) is 0 Å². The van der Waals surface area contributed by atoms with Crippen LogP contribution < -0.4 is 0 Å². The average molecular weight is 565 g/mol. The van der Waals surface area contributed by atoms with Gasteiger partial charge in [-0.3, -0.25) is 0 Å². The van der Waals surface area contributed by atoms with Gasteiger partial charge < -0.3 is 8.83 Å². The smallest absolute Gasteiger partial charge is 0.160 e. The average Bonchev–Trinajstić information content (AvgIpc) is 3.67. The van der Waals surface area contributed by atoms with Crippen LogP contribution in [0.4, 0.5) is 0 Å². The van der Waals surface area contributed by atoms with Crippen LogP contribution >= 0.6 is 0 Å². The van der Waals surface area contributed by atoms with Crippen molar-refractivity contribution in [3.8, 4) is 45.0 Å². The molecule has 44 heavy (non-hydrogen) atoms. The number of fused-ring (bicyclic) bond motifs is 6. The van der Waals surface area contributed by atoms with Gasteiger partial charge in [0.05, 0.1) is 11.4 Å². The van der Waals surface area contributed by atoms with Crippen molar-refractivity contribution < 1.29 is 8.83 Å². The van der Waals surface area contributed by atoms with E-state index in [0.717, 1.165) is 83.1 Å². The van der Waals surface area contributed by atoms with E-state index in [1.807, 2.05) is 66.7 Å². The quantitative estimate of drug-likeness (QED) is 0.213. The largest absolute Gasteiger partial charge is 0.456 e. The highest BCUT2D eigenvalue weighted by Gasteiger charge is 2.19. The van der Waals surface area contributed by atoms with Gasteiger partial charge in [-0.25, -0.2) is 9.97 Å². The first kappa shape index (κ1) is 24.6. The van der Waals surface area contributed by atoms with Crippen LogP contribution in [0.2, 0.25) is 0 Å². The third kappa shape index (κ3) is 3.92. The lowest BCUT2D eigenvalue weighted by molar-refractivity contribution is 0.668. The number of hydrogen-bond donors (Lipinski definition) is 0. The van der Waals surface area contributed by atoms with Crippen LogP contribution in [-0.2, 0) is 0 Å². The summed E-state index contributed by atoms with van der Waals surface area (Å²) < 4.78 is 13.0. The van der Waals surface area contributed by atoms with Crippen LogP contribution in [0.5, 0.6) is 0 Å². The monoisotopic (exact) mass is 564 g/mol. The summed E-state index contributed by atoms with van der Waals surface area (Å²) in [7, 11) is 0. The lowest BCUT2D eigenvalue weighted by atomic mass is 10.00. The van der Waals surface area contributed by atoms with E-state index in [2.05, 4.69) is 78.9 Å². The Morgan fingerprint density at radius 2 is 0.977 bits per heavy atom. The van der Waals surface area contributed by atoms with E-state index in [-0.39, 0.29) is 0 Å². The van der Waals surface area contributed by atoms with E-state index in [1.165, 1.54) is 0 Å². The van der Waals surface area contributed by atoms with Gasteiger partial charge in [0.1, 0.15) is 22.3 Å². The molecule has 3 aromatic heterocycles. The Balaban J connectivity index is 1.25. The summed E-state index contributed by atoms with van der Waals surface area (Å²) in [6, 6.07) is 49.6. The molecule has 4 heteroatoms. The van der Waals surface area contributed by atoms with E-state index in [4.69, 9.17) is 18.8 Å². The van der Waals surface area contributed by atoms with Gasteiger partial charge in [0, 0.05) is 43.8 Å². The lowest BCUT2D eigenvalue weighted by Gasteiger charge is -2.09. The van der Waals surface area contributed by atoms with Crippen LogP contribution in [0, 0.1) is 0 Å². The molecule has 0 spiro atoms. The minimum atomic E-state index is 0.676. The first-order chi connectivity index (χ1) is 21.8. The zero-order valence-corrected chi connectivity index (χ0v) is 23.6. The van der Waals surface area contributed by atoms with Gasteiger partial charge in [0.15, 0.2) is 5.82 Å². The maximum Gasteiger partial charge on any atom is 0.160 e. The third-order valence-corrected chi connectivity index (χ3v) is 8.32. The maximum absolute atomic E-state index is 6.79. The van der Waals surface area contributed by atoms with E-state index in [0.29, 0.717) is 5.82 Å². The molecule has 0 amide bonds. The molecule has 4 nitrogen and oxygen atoms in total. The fourth-order valence-corrected chi connectivity index (χ4v) is 6.20. The Hall–Kier alpha value is -6.00. The Morgan fingerprint density at radius 1 is 0.364 bits per heavy atom. The highest BCUT2D eigenvalue weighted by Crippen LogP contribution is 2.41. The fraction of sp³-hybridized carbons (Fsp3) is 0. The number of rotatable bonds is 4. The summed E-state index contributed by atoms with van der Waals surface area (Å²) in [5, 5.41) is 4.33. The molecule has 9 rings (SSSR count). The second kappa shape index (κ2) is 9.79. The molecular formula is C40H24N2O2. The normalized spacial score (nSPS) is 11.6. The summed E-state index contributed by atoms with van der Waals surface area (Å²) in [6.45, 7) is 0. The summed E-state index contributed by atoms with van der Waals surface area (Å²) in [4.78, 5) is 10.0. The summed E-state index contributed by atoms with van der Waals surface area (Å²) in [6.07, 6.45) is 0. The van der Waals surface area contributed by atoms with Gasteiger partial charge in [-0.05, 0) is 35.9 Å². The molecule has 6 aromatic carbocycles. The predicted octanol–water partition coefficient (Wildman–Crippen LogP) is 10.9. The maximum atomic E-state index is 6.79. The van der Waals surface area contributed by atoms with Crippen LogP contribution in [0.15, 0.2) is 154 Å². The van der Waals surface area contributed by atoms with Gasteiger partial charge >= 0.3 is 0 Å². The molecule has 0 radical (unpaired) electrons. The lowest BCUT2D eigenvalue weighted by Crippen LogP contribution is -1.96. The number of furan rings is 2. The minimum absolute atomic E-state index is 0.676. The Labute approximate surface area is 252 Å². The molecular weight excluding hydrogens is 540 g/mol. The first-order valence-corrected chi connectivity index (χ1v) is 14.7. The molecule has 0 saturated carbocycles. The van der Waals surface area contributed by atoms with Crippen molar-refractivity contribution in [1.82, 2.24) is 9.97 Å². The molecule has 0 N–H and O–H groups in total. The van der Waals surface area contributed by atoms with Crippen LogP contribution in [0.3, 0.4) is 0 Å². The van der Waals surface area contributed by atoms with Gasteiger partial charge in [0.25, 0.3) is 0 Å². The molecule has 206 valence electrons. The summed E-state index contributed by atoms with van der Waals surface area (Å²) in [5.74, 6) is 0.676. The number of aromatic nitrogens is 2. The minimum Gasteiger partial charge on any atom is -0.456 e. The Bertz CT molecular complexity index is 2430. The molecule has 0 atom stereocenters. The van der Waals surface area contributed by atoms with Crippen molar-refractivity contribution in [2.45, 2.75) is 0 Å². The molecule has 0 aliphatic rings. The van der Waals surface area contributed by atoms with Crippen LogP contribution in [0.25, 0.3) is 88.9 Å². The second-order valence-electron chi connectivity index (χ2n) is 11.0. The van der Waals surface area contributed by atoms with Gasteiger partial charge in [-0.15, -0.1) is 0 Å². The number of nitrogens with zero attached hydrogens (tertiary/aromatic N) is 2. The zero-order valence-electron chi connectivity index (χ0n) is 23.6. The molecule has 0 bridgehead atoms. The van der Waals surface area contributed by atoms with Crippen molar-refractivity contribution in [3.05, 3.63) is 146 Å². The molecule has 0 unspecified atom stereocenters. The van der Waals surface area contributed by atoms with E-state index in [1.54, 1.807) is 0 Å². The summed E-state index contributed by atoms with van der Waals surface area (Å²) in [5.41, 5.74) is 10.1. The summed E-state index contributed by atoms with van der Waals surface area (Å²) >= 11 is 0. The number of hydrogen-bond acceptors (Lipinski definition) is 4. The van der Waals surface area contributed by atoms with E-state index in [9.17, 15) is 0 Å². The van der Waals surface area contributed by atoms with Crippen molar-refractivity contribution in [3.63, 3.8) is 0 Å².